The van der Waals surface area contributed by atoms with Crippen molar-refractivity contribution < 1.29 is 13.2 Å². The molecule has 0 fully saturated rings. The molecule has 0 saturated heterocycles. The molecule has 0 unspecified atom stereocenters. The van der Waals surface area contributed by atoms with Crippen molar-refractivity contribution in [3.8, 4) is 6.07 Å². The van der Waals surface area contributed by atoms with Crippen LogP contribution in [0.15, 0.2) is 83.9 Å². The highest BCUT2D eigenvalue weighted by molar-refractivity contribution is 7.98. The van der Waals surface area contributed by atoms with Gasteiger partial charge in [-0.25, -0.2) is 4.98 Å². The monoisotopic (exact) mass is 526 g/mol. The molecule has 0 bridgehead atoms. The summed E-state index contributed by atoms with van der Waals surface area (Å²) in [6.07, 6.45) is 3.23. The lowest BCUT2D eigenvalue weighted by molar-refractivity contribution is -0.137. The molecular formula is C32H25F3N2S. The maximum atomic E-state index is 13.2. The first kappa shape index (κ1) is 27.0. The highest BCUT2D eigenvalue weighted by Gasteiger charge is 2.30. The number of nitriles is 1. The van der Waals surface area contributed by atoms with Gasteiger partial charge in [0.2, 0.25) is 0 Å². The van der Waals surface area contributed by atoms with Crippen LogP contribution in [0.5, 0.6) is 0 Å². The predicted octanol–water partition coefficient (Wildman–Crippen LogP) is 9.22. The number of rotatable bonds is 7. The fraction of sp³-hybridized carbons (Fsp3) is 0.125. The van der Waals surface area contributed by atoms with Crippen LogP contribution < -0.4 is 0 Å². The molecule has 0 saturated carbocycles. The second-order valence-electron chi connectivity index (χ2n) is 8.90. The molecule has 38 heavy (non-hydrogen) atoms. The summed E-state index contributed by atoms with van der Waals surface area (Å²) in [6.45, 7) is 4.04. The van der Waals surface area contributed by atoms with E-state index in [1.807, 2.05) is 92.7 Å². The Labute approximate surface area is 225 Å². The molecule has 0 amide bonds. The molecule has 1 heterocycles. The van der Waals surface area contributed by atoms with Crippen molar-refractivity contribution >= 4 is 36.1 Å². The van der Waals surface area contributed by atoms with E-state index in [0.717, 1.165) is 34.4 Å². The van der Waals surface area contributed by atoms with E-state index in [-0.39, 0.29) is 5.75 Å². The van der Waals surface area contributed by atoms with E-state index in [0.29, 0.717) is 27.4 Å². The van der Waals surface area contributed by atoms with Crippen molar-refractivity contribution in [1.82, 2.24) is 4.98 Å². The molecule has 4 rings (SSSR count). The van der Waals surface area contributed by atoms with Crippen LogP contribution >= 0.6 is 11.8 Å². The SMILES string of the molecule is Cc1ccc(/C=C/c2cc(/C=C/c3ccc(C)cc3)c(C#N)c(SCc3cccc(C(F)(F)F)c3)n2)cc1. The molecule has 4 aromatic rings. The van der Waals surface area contributed by atoms with Gasteiger partial charge in [-0.3, -0.25) is 0 Å². The Morgan fingerprint density at radius 1 is 0.816 bits per heavy atom. The number of nitrogens with zero attached hydrogens (tertiary/aromatic N) is 2. The quantitative estimate of drug-likeness (QED) is 0.225. The van der Waals surface area contributed by atoms with E-state index >= 15 is 0 Å². The van der Waals surface area contributed by atoms with Crippen molar-refractivity contribution in [3.63, 3.8) is 0 Å². The standard InChI is InChI=1S/C32H25F3N2S/c1-22-6-10-24(11-7-22)14-16-27-19-29(17-15-25-12-8-23(2)9-13-25)37-31(30(27)20-36)38-21-26-4-3-5-28(18-26)32(33,34)35/h3-19H,21H2,1-2H3/b16-14+,17-15+. The van der Waals surface area contributed by atoms with Gasteiger partial charge in [0, 0.05) is 5.75 Å². The Balaban J connectivity index is 1.69. The molecule has 0 spiro atoms. The first-order chi connectivity index (χ1) is 18.2. The number of aromatic nitrogens is 1. The number of hydrogen-bond acceptors (Lipinski definition) is 3. The summed E-state index contributed by atoms with van der Waals surface area (Å²) in [7, 11) is 0. The molecule has 3 aromatic carbocycles. The van der Waals surface area contributed by atoms with Gasteiger partial charge in [-0.15, -0.1) is 11.8 Å². The predicted molar refractivity (Wildman–Crippen MR) is 150 cm³/mol. The summed E-state index contributed by atoms with van der Waals surface area (Å²) in [5.74, 6) is 0.248. The number of thioether (sulfide) groups is 1. The average Bonchev–Trinajstić information content (AvgIpc) is 2.91. The van der Waals surface area contributed by atoms with Crippen LogP contribution in [0.3, 0.4) is 0 Å². The fourth-order valence-electron chi connectivity index (χ4n) is 3.71. The Morgan fingerprint density at radius 3 is 2.00 bits per heavy atom. The van der Waals surface area contributed by atoms with Crippen molar-refractivity contribution in [2.24, 2.45) is 0 Å². The Kier molecular flexibility index (Phi) is 8.50. The average molecular weight is 527 g/mol. The van der Waals surface area contributed by atoms with Crippen LogP contribution in [0.1, 0.15) is 50.2 Å². The van der Waals surface area contributed by atoms with E-state index < -0.39 is 11.7 Å². The maximum Gasteiger partial charge on any atom is 0.416 e. The van der Waals surface area contributed by atoms with E-state index in [4.69, 9.17) is 0 Å². The van der Waals surface area contributed by atoms with Crippen LogP contribution in [0.2, 0.25) is 0 Å². The molecule has 1 aromatic heterocycles. The van der Waals surface area contributed by atoms with Gasteiger partial charge in [0.15, 0.2) is 0 Å². The molecule has 0 aliphatic rings. The third-order valence-electron chi connectivity index (χ3n) is 5.83. The molecule has 0 aliphatic heterocycles. The van der Waals surface area contributed by atoms with Crippen LogP contribution in [-0.2, 0) is 11.9 Å². The summed E-state index contributed by atoms with van der Waals surface area (Å²) in [5, 5.41) is 10.5. The van der Waals surface area contributed by atoms with Crippen LogP contribution in [0.25, 0.3) is 24.3 Å². The highest BCUT2D eigenvalue weighted by atomic mass is 32.2. The van der Waals surface area contributed by atoms with E-state index in [1.165, 1.54) is 17.8 Å². The Hall–Kier alpha value is -4.08. The van der Waals surface area contributed by atoms with E-state index in [1.54, 1.807) is 6.07 Å². The van der Waals surface area contributed by atoms with Gasteiger partial charge in [0.05, 0.1) is 16.8 Å². The number of aryl methyl sites for hydroxylation is 2. The summed E-state index contributed by atoms with van der Waals surface area (Å²) >= 11 is 1.25. The summed E-state index contributed by atoms with van der Waals surface area (Å²) in [5.41, 5.74) is 5.86. The van der Waals surface area contributed by atoms with Crippen molar-refractivity contribution in [3.05, 3.63) is 129 Å². The second-order valence-corrected chi connectivity index (χ2v) is 9.87. The zero-order chi connectivity index (χ0) is 27.1. The van der Waals surface area contributed by atoms with Gasteiger partial charge in [0.25, 0.3) is 0 Å². The third-order valence-corrected chi connectivity index (χ3v) is 6.88. The van der Waals surface area contributed by atoms with Gasteiger partial charge in [-0.2, -0.15) is 18.4 Å². The summed E-state index contributed by atoms with van der Waals surface area (Å²) in [4.78, 5) is 4.69. The minimum absolute atomic E-state index is 0.248. The van der Waals surface area contributed by atoms with Crippen LogP contribution in [-0.4, -0.2) is 4.98 Å². The number of benzene rings is 3. The highest BCUT2D eigenvalue weighted by Crippen LogP contribution is 2.32. The summed E-state index contributed by atoms with van der Waals surface area (Å²) < 4.78 is 39.5. The molecular weight excluding hydrogens is 501 g/mol. The number of pyridine rings is 1. The van der Waals surface area contributed by atoms with Crippen molar-refractivity contribution in [2.45, 2.75) is 30.8 Å². The molecule has 0 aliphatic carbocycles. The minimum atomic E-state index is -4.41. The van der Waals surface area contributed by atoms with Gasteiger partial charge in [0.1, 0.15) is 11.1 Å². The van der Waals surface area contributed by atoms with Crippen LogP contribution in [0.4, 0.5) is 13.2 Å². The van der Waals surface area contributed by atoms with Crippen molar-refractivity contribution in [2.75, 3.05) is 0 Å². The Morgan fingerprint density at radius 2 is 1.42 bits per heavy atom. The smallest absolute Gasteiger partial charge is 0.241 e. The molecule has 6 heteroatoms. The zero-order valence-corrected chi connectivity index (χ0v) is 21.8. The molecule has 190 valence electrons. The lowest BCUT2D eigenvalue weighted by Gasteiger charge is -2.10. The molecule has 0 N–H and O–H groups in total. The topological polar surface area (TPSA) is 36.7 Å². The lowest BCUT2D eigenvalue weighted by atomic mass is 10.1. The number of hydrogen-bond donors (Lipinski definition) is 0. The number of halogens is 3. The Bertz CT molecular complexity index is 1510. The molecule has 0 atom stereocenters. The normalized spacial score (nSPS) is 11.8. The largest absolute Gasteiger partial charge is 0.416 e. The van der Waals surface area contributed by atoms with Crippen molar-refractivity contribution in [1.29, 1.82) is 5.26 Å². The fourth-order valence-corrected chi connectivity index (χ4v) is 4.67. The zero-order valence-electron chi connectivity index (χ0n) is 21.0. The minimum Gasteiger partial charge on any atom is -0.241 e. The first-order valence-corrected chi connectivity index (χ1v) is 12.9. The van der Waals surface area contributed by atoms with Gasteiger partial charge in [-0.05, 0) is 54.3 Å². The second kappa shape index (κ2) is 12.0. The van der Waals surface area contributed by atoms with Gasteiger partial charge < -0.3 is 0 Å². The van der Waals surface area contributed by atoms with Gasteiger partial charge in [-0.1, -0.05) is 96.1 Å². The van der Waals surface area contributed by atoms with Crippen LogP contribution in [0, 0.1) is 25.2 Å². The third kappa shape index (κ3) is 7.24. The van der Waals surface area contributed by atoms with E-state index in [9.17, 15) is 18.4 Å². The lowest BCUT2D eigenvalue weighted by Crippen LogP contribution is -2.05. The molecule has 2 nitrogen and oxygen atoms in total. The van der Waals surface area contributed by atoms with Gasteiger partial charge >= 0.3 is 6.18 Å². The van der Waals surface area contributed by atoms with E-state index in [2.05, 4.69) is 11.1 Å². The summed E-state index contributed by atoms with van der Waals surface area (Å²) in [6, 6.07) is 25.4. The maximum absolute atomic E-state index is 13.2. The number of alkyl halides is 3. The first-order valence-electron chi connectivity index (χ1n) is 11.9. The molecule has 0 radical (unpaired) electrons.